The van der Waals surface area contributed by atoms with E-state index in [9.17, 15) is 4.39 Å². The molecular weight excluding hydrogens is 213 g/mol. The van der Waals surface area contributed by atoms with E-state index in [-0.39, 0.29) is 11.9 Å². The summed E-state index contributed by atoms with van der Waals surface area (Å²) in [4.78, 5) is 0. The van der Waals surface area contributed by atoms with Crippen LogP contribution in [0.25, 0.3) is 10.8 Å². The zero-order chi connectivity index (χ0) is 11.8. The van der Waals surface area contributed by atoms with Crippen LogP contribution in [0, 0.1) is 11.7 Å². The van der Waals surface area contributed by atoms with Gasteiger partial charge in [0.05, 0.1) is 0 Å². The molecule has 2 N–H and O–H groups in total. The minimum absolute atomic E-state index is 0.0352. The molecule has 0 aliphatic heterocycles. The fourth-order valence-corrected chi connectivity index (χ4v) is 2.45. The van der Waals surface area contributed by atoms with E-state index < -0.39 is 0 Å². The zero-order valence-corrected chi connectivity index (χ0v) is 9.70. The van der Waals surface area contributed by atoms with Crippen molar-refractivity contribution < 1.29 is 4.39 Å². The lowest BCUT2D eigenvalue weighted by Crippen LogP contribution is -2.11. The second-order valence-corrected chi connectivity index (χ2v) is 4.97. The lowest BCUT2D eigenvalue weighted by Gasteiger charge is -2.14. The van der Waals surface area contributed by atoms with Crippen molar-refractivity contribution in [1.29, 1.82) is 0 Å². The van der Waals surface area contributed by atoms with E-state index >= 15 is 0 Å². The molecule has 0 spiro atoms. The van der Waals surface area contributed by atoms with Gasteiger partial charge in [-0.1, -0.05) is 43.2 Å². The molecule has 0 saturated heterocycles. The van der Waals surface area contributed by atoms with Gasteiger partial charge in [-0.15, -0.1) is 0 Å². The van der Waals surface area contributed by atoms with E-state index in [0.717, 1.165) is 23.3 Å². The maximum Gasteiger partial charge on any atom is 0.131 e. The highest BCUT2D eigenvalue weighted by Gasteiger charge is 2.25. The van der Waals surface area contributed by atoms with Gasteiger partial charge in [-0.3, -0.25) is 0 Å². The summed E-state index contributed by atoms with van der Waals surface area (Å²) in [6, 6.07) is 11.0. The minimum Gasteiger partial charge on any atom is -0.324 e. The lowest BCUT2D eigenvalue weighted by atomic mass is 9.96. The highest BCUT2D eigenvalue weighted by atomic mass is 19.1. The predicted octanol–water partition coefficient (Wildman–Crippen LogP) is 3.78. The van der Waals surface area contributed by atoms with E-state index in [1.54, 1.807) is 0 Å². The van der Waals surface area contributed by atoms with Gasteiger partial charge in [0, 0.05) is 11.4 Å². The van der Waals surface area contributed by atoms with Gasteiger partial charge >= 0.3 is 0 Å². The minimum atomic E-state index is -0.164. The molecule has 1 fully saturated rings. The number of hydrogen-bond acceptors (Lipinski definition) is 1. The van der Waals surface area contributed by atoms with Crippen molar-refractivity contribution in [2.45, 2.75) is 25.3 Å². The third-order valence-electron chi connectivity index (χ3n) is 3.59. The fourth-order valence-electron chi connectivity index (χ4n) is 2.45. The molecule has 0 radical (unpaired) electrons. The molecule has 0 bridgehead atoms. The third-order valence-corrected chi connectivity index (χ3v) is 3.59. The Morgan fingerprint density at radius 3 is 2.53 bits per heavy atom. The molecule has 1 aliphatic rings. The third kappa shape index (κ3) is 2.05. The van der Waals surface area contributed by atoms with Crippen molar-refractivity contribution in [3.63, 3.8) is 0 Å². The van der Waals surface area contributed by atoms with Crippen LogP contribution in [0.4, 0.5) is 4.39 Å². The second-order valence-electron chi connectivity index (χ2n) is 4.97. The van der Waals surface area contributed by atoms with Crippen LogP contribution in [-0.4, -0.2) is 0 Å². The van der Waals surface area contributed by atoms with Gasteiger partial charge in [0.25, 0.3) is 0 Å². The normalized spacial score (nSPS) is 17.3. The molecule has 2 heteroatoms. The maximum absolute atomic E-state index is 13.7. The van der Waals surface area contributed by atoms with Gasteiger partial charge in [0.1, 0.15) is 5.82 Å². The van der Waals surface area contributed by atoms with E-state index in [1.165, 1.54) is 18.9 Å². The molecule has 0 aromatic heterocycles. The SMILES string of the molecule is N[C@H](CC1CC1)c1ccc(F)c2ccccc12. The molecule has 0 unspecified atom stereocenters. The maximum atomic E-state index is 13.7. The van der Waals surface area contributed by atoms with Gasteiger partial charge < -0.3 is 5.73 Å². The zero-order valence-electron chi connectivity index (χ0n) is 9.70. The summed E-state index contributed by atoms with van der Waals surface area (Å²) >= 11 is 0. The quantitative estimate of drug-likeness (QED) is 0.851. The average Bonchev–Trinajstić information content (AvgIpc) is 3.14. The van der Waals surface area contributed by atoms with Gasteiger partial charge in [-0.2, -0.15) is 0 Å². The standard InChI is InChI=1S/C15H16FN/c16-14-8-7-13(15(17)9-10-5-6-10)11-3-1-2-4-12(11)14/h1-4,7-8,10,15H,5-6,9,17H2/t15-/m1/s1. The fraction of sp³-hybridized carbons (Fsp3) is 0.333. The molecule has 17 heavy (non-hydrogen) atoms. The Kier molecular flexibility index (Phi) is 2.60. The van der Waals surface area contributed by atoms with Crippen LogP contribution >= 0.6 is 0 Å². The number of benzene rings is 2. The summed E-state index contributed by atoms with van der Waals surface area (Å²) in [6.07, 6.45) is 3.62. The van der Waals surface area contributed by atoms with Crippen molar-refractivity contribution >= 4 is 10.8 Å². The van der Waals surface area contributed by atoms with Crippen molar-refractivity contribution in [3.05, 3.63) is 47.8 Å². The molecule has 3 rings (SSSR count). The Hall–Kier alpha value is -1.41. The van der Waals surface area contributed by atoms with Crippen LogP contribution in [0.3, 0.4) is 0 Å². The Labute approximate surface area is 100 Å². The summed E-state index contributed by atoms with van der Waals surface area (Å²) in [5.74, 6) is 0.622. The van der Waals surface area contributed by atoms with Gasteiger partial charge in [-0.05, 0) is 29.4 Å². The molecular formula is C15H16FN. The van der Waals surface area contributed by atoms with Crippen molar-refractivity contribution in [3.8, 4) is 0 Å². The highest BCUT2D eigenvalue weighted by molar-refractivity contribution is 5.86. The first kappa shape index (κ1) is 10.7. The molecule has 0 heterocycles. The summed E-state index contributed by atoms with van der Waals surface area (Å²) in [5.41, 5.74) is 7.31. The summed E-state index contributed by atoms with van der Waals surface area (Å²) in [7, 11) is 0. The molecule has 2 aromatic rings. The molecule has 88 valence electrons. The van der Waals surface area contributed by atoms with Gasteiger partial charge in [-0.25, -0.2) is 4.39 Å². The summed E-state index contributed by atoms with van der Waals surface area (Å²) < 4.78 is 13.7. The first-order chi connectivity index (χ1) is 8.25. The number of halogens is 1. The Morgan fingerprint density at radius 2 is 1.82 bits per heavy atom. The molecule has 1 nitrogen and oxygen atoms in total. The van der Waals surface area contributed by atoms with E-state index in [0.29, 0.717) is 5.39 Å². The van der Waals surface area contributed by atoms with E-state index in [2.05, 4.69) is 0 Å². The highest BCUT2D eigenvalue weighted by Crippen LogP contribution is 2.38. The van der Waals surface area contributed by atoms with Crippen LogP contribution in [-0.2, 0) is 0 Å². The number of nitrogens with two attached hydrogens (primary N) is 1. The van der Waals surface area contributed by atoms with E-state index in [4.69, 9.17) is 5.73 Å². The van der Waals surface area contributed by atoms with Crippen LogP contribution < -0.4 is 5.73 Å². The number of rotatable bonds is 3. The predicted molar refractivity (Wildman–Crippen MR) is 68.2 cm³/mol. The lowest BCUT2D eigenvalue weighted by molar-refractivity contribution is 0.597. The summed E-state index contributed by atoms with van der Waals surface area (Å²) in [5, 5.41) is 1.64. The average molecular weight is 229 g/mol. The van der Waals surface area contributed by atoms with Gasteiger partial charge in [0.2, 0.25) is 0 Å². The second kappa shape index (κ2) is 4.11. The Balaban J connectivity index is 2.05. The van der Waals surface area contributed by atoms with Gasteiger partial charge in [0.15, 0.2) is 0 Å². The summed E-state index contributed by atoms with van der Waals surface area (Å²) in [6.45, 7) is 0. The molecule has 1 atom stereocenters. The number of fused-ring (bicyclic) bond motifs is 1. The molecule has 2 aromatic carbocycles. The monoisotopic (exact) mass is 229 g/mol. The topological polar surface area (TPSA) is 26.0 Å². The van der Waals surface area contributed by atoms with Crippen LogP contribution in [0.2, 0.25) is 0 Å². The van der Waals surface area contributed by atoms with Crippen LogP contribution in [0.15, 0.2) is 36.4 Å². The largest absolute Gasteiger partial charge is 0.324 e. The first-order valence-electron chi connectivity index (χ1n) is 6.18. The van der Waals surface area contributed by atoms with Crippen LogP contribution in [0.1, 0.15) is 30.9 Å². The van der Waals surface area contributed by atoms with E-state index in [1.807, 2.05) is 30.3 Å². The molecule has 1 aliphatic carbocycles. The molecule has 0 amide bonds. The Morgan fingerprint density at radius 1 is 1.12 bits per heavy atom. The van der Waals surface area contributed by atoms with Crippen molar-refractivity contribution in [2.24, 2.45) is 11.7 Å². The smallest absolute Gasteiger partial charge is 0.131 e. The molecule has 1 saturated carbocycles. The van der Waals surface area contributed by atoms with Crippen molar-refractivity contribution in [2.75, 3.05) is 0 Å². The van der Waals surface area contributed by atoms with Crippen molar-refractivity contribution in [1.82, 2.24) is 0 Å². The van der Waals surface area contributed by atoms with Crippen LogP contribution in [0.5, 0.6) is 0 Å². The number of hydrogen-bond donors (Lipinski definition) is 1. The first-order valence-corrected chi connectivity index (χ1v) is 6.18. The Bertz CT molecular complexity index is 546.